The fraction of sp³-hybridized carbons (Fsp3) is 0.417. The van der Waals surface area contributed by atoms with Gasteiger partial charge in [0, 0.05) is 18.4 Å². The molecule has 2 atom stereocenters. The first-order valence-corrected chi connectivity index (χ1v) is 5.55. The van der Waals surface area contributed by atoms with Crippen LogP contribution in [0.25, 0.3) is 0 Å². The molecule has 1 aromatic carbocycles. The van der Waals surface area contributed by atoms with Crippen LogP contribution in [0.1, 0.15) is 30.9 Å². The smallest absolute Gasteiger partial charge is 0.275 e. The number of aliphatic hydroxyl groups excluding tert-OH is 1. The molecular formula is C12H13NO4. The van der Waals surface area contributed by atoms with Crippen molar-refractivity contribution in [3.05, 3.63) is 39.9 Å². The molecule has 0 radical (unpaired) electrons. The molecule has 0 saturated heterocycles. The van der Waals surface area contributed by atoms with Crippen molar-refractivity contribution in [1.82, 2.24) is 0 Å². The topological polar surface area (TPSA) is 80.4 Å². The number of Topliss-reactive ketones (excluding diaryl/α,β-unsaturated/α-hetero) is 1. The predicted octanol–water partition coefficient (Wildman–Crippen LogP) is 2.00. The van der Waals surface area contributed by atoms with Gasteiger partial charge >= 0.3 is 0 Å². The summed E-state index contributed by atoms with van der Waals surface area (Å²) >= 11 is 0. The van der Waals surface area contributed by atoms with Gasteiger partial charge < -0.3 is 5.11 Å². The minimum absolute atomic E-state index is 0.00403. The third-order valence-electron chi connectivity index (χ3n) is 3.19. The first kappa shape index (κ1) is 11.7. The van der Waals surface area contributed by atoms with Gasteiger partial charge in [0.05, 0.1) is 16.6 Å². The largest absolute Gasteiger partial charge is 0.387 e. The maximum Gasteiger partial charge on any atom is 0.275 e. The molecule has 1 aliphatic rings. The molecule has 0 spiro atoms. The van der Waals surface area contributed by atoms with Crippen molar-refractivity contribution in [3.8, 4) is 0 Å². The van der Waals surface area contributed by atoms with E-state index in [-0.39, 0.29) is 17.0 Å². The van der Waals surface area contributed by atoms with E-state index in [1.165, 1.54) is 12.1 Å². The molecule has 5 heteroatoms. The number of hydrogen-bond donors (Lipinski definition) is 1. The summed E-state index contributed by atoms with van der Waals surface area (Å²) in [6.07, 6.45) is 0.752. The molecule has 1 N–H and O–H groups in total. The van der Waals surface area contributed by atoms with Crippen LogP contribution in [0.3, 0.4) is 0 Å². The molecule has 90 valence electrons. The van der Waals surface area contributed by atoms with Gasteiger partial charge in [0.15, 0.2) is 0 Å². The number of carbonyl (C=O) groups is 1. The van der Waals surface area contributed by atoms with Crippen molar-refractivity contribution < 1.29 is 14.8 Å². The summed E-state index contributed by atoms with van der Waals surface area (Å²) in [5.41, 5.74) is 0.109. The van der Waals surface area contributed by atoms with E-state index < -0.39 is 16.9 Å². The fourth-order valence-corrected chi connectivity index (χ4v) is 2.30. The molecule has 1 aromatic rings. The molecule has 0 aliphatic heterocycles. The van der Waals surface area contributed by atoms with Crippen LogP contribution in [0.4, 0.5) is 5.69 Å². The first-order chi connectivity index (χ1) is 8.11. The van der Waals surface area contributed by atoms with E-state index in [4.69, 9.17) is 0 Å². The van der Waals surface area contributed by atoms with Crippen molar-refractivity contribution in [2.75, 3.05) is 0 Å². The zero-order valence-corrected chi connectivity index (χ0v) is 9.20. The first-order valence-electron chi connectivity index (χ1n) is 5.55. The Labute approximate surface area is 98.2 Å². The number of nitro groups is 1. The van der Waals surface area contributed by atoms with E-state index in [1.807, 2.05) is 0 Å². The number of rotatable bonds is 3. The number of para-hydroxylation sites is 1. The Bertz CT molecular complexity index is 458. The molecule has 1 fully saturated rings. The quantitative estimate of drug-likeness (QED) is 0.641. The zero-order valence-electron chi connectivity index (χ0n) is 9.20. The molecule has 0 heterocycles. The van der Waals surface area contributed by atoms with Gasteiger partial charge in [0.2, 0.25) is 0 Å². The lowest BCUT2D eigenvalue weighted by molar-refractivity contribution is -0.386. The average molecular weight is 235 g/mol. The summed E-state index contributed by atoms with van der Waals surface area (Å²) in [7, 11) is 0. The lowest BCUT2D eigenvalue weighted by Gasteiger charge is -2.16. The second-order valence-electron chi connectivity index (χ2n) is 4.23. The summed E-state index contributed by atoms with van der Waals surface area (Å²) < 4.78 is 0. The molecule has 0 aromatic heterocycles. The van der Waals surface area contributed by atoms with E-state index in [0.29, 0.717) is 12.8 Å². The molecule has 2 rings (SSSR count). The summed E-state index contributed by atoms with van der Waals surface area (Å²) in [6.45, 7) is 0. The summed E-state index contributed by atoms with van der Waals surface area (Å²) in [5, 5.41) is 20.9. The minimum atomic E-state index is -1.06. The molecule has 0 bridgehead atoms. The Morgan fingerprint density at radius 2 is 2.12 bits per heavy atom. The van der Waals surface area contributed by atoms with Gasteiger partial charge in [-0.25, -0.2) is 0 Å². The average Bonchev–Trinajstić information content (AvgIpc) is 2.74. The maximum atomic E-state index is 11.5. The van der Waals surface area contributed by atoms with Gasteiger partial charge in [-0.05, 0) is 18.9 Å². The van der Waals surface area contributed by atoms with Crippen LogP contribution in [0.2, 0.25) is 0 Å². The number of benzene rings is 1. The van der Waals surface area contributed by atoms with Crippen LogP contribution in [0.5, 0.6) is 0 Å². The standard InChI is InChI=1S/C12H13NO4/c14-11-7-3-5-9(11)12(15)8-4-1-2-6-10(8)13(16)17/h1-2,4,6,9,12,15H,3,5,7H2/t9-,12-/m0/s1. The number of hydrogen-bond acceptors (Lipinski definition) is 4. The second kappa shape index (κ2) is 4.63. The SMILES string of the molecule is O=C1CCC[C@@H]1[C@@H](O)c1ccccc1[N+](=O)[O-]. The molecule has 0 unspecified atom stereocenters. The number of nitrogens with zero attached hydrogens (tertiary/aromatic N) is 1. The minimum Gasteiger partial charge on any atom is -0.387 e. The fourth-order valence-electron chi connectivity index (χ4n) is 2.30. The van der Waals surface area contributed by atoms with Crippen molar-refractivity contribution in [2.45, 2.75) is 25.4 Å². The second-order valence-corrected chi connectivity index (χ2v) is 4.23. The van der Waals surface area contributed by atoms with Crippen molar-refractivity contribution in [3.63, 3.8) is 0 Å². The van der Waals surface area contributed by atoms with E-state index in [9.17, 15) is 20.0 Å². The van der Waals surface area contributed by atoms with Crippen molar-refractivity contribution in [1.29, 1.82) is 0 Å². The van der Waals surface area contributed by atoms with Gasteiger partial charge in [0.1, 0.15) is 5.78 Å². The monoisotopic (exact) mass is 235 g/mol. The molecule has 1 aliphatic carbocycles. The van der Waals surface area contributed by atoms with Gasteiger partial charge in [-0.15, -0.1) is 0 Å². The van der Waals surface area contributed by atoms with E-state index in [1.54, 1.807) is 12.1 Å². The Hall–Kier alpha value is -1.75. The Morgan fingerprint density at radius 3 is 2.71 bits per heavy atom. The summed E-state index contributed by atoms with van der Waals surface area (Å²) in [6, 6.07) is 6.03. The number of ketones is 1. The van der Waals surface area contributed by atoms with Crippen LogP contribution in [0.15, 0.2) is 24.3 Å². The van der Waals surface area contributed by atoms with Gasteiger partial charge in [0.25, 0.3) is 5.69 Å². The third-order valence-corrected chi connectivity index (χ3v) is 3.19. The lowest BCUT2D eigenvalue weighted by atomic mass is 9.93. The van der Waals surface area contributed by atoms with Crippen LogP contribution in [-0.2, 0) is 4.79 Å². The highest BCUT2D eigenvalue weighted by molar-refractivity contribution is 5.83. The van der Waals surface area contributed by atoms with Crippen LogP contribution in [-0.4, -0.2) is 15.8 Å². The highest BCUT2D eigenvalue weighted by Gasteiger charge is 2.34. The normalized spacial score (nSPS) is 21.5. The lowest BCUT2D eigenvalue weighted by Crippen LogP contribution is -2.17. The molecule has 1 saturated carbocycles. The van der Waals surface area contributed by atoms with Crippen molar-refractivity contribution in [2.24, 2.45) is 5.92 Å². The number of aliphatic hydroxyl groups is 1. The van der Waals surface area contributed by atoms with Gasteiger partial charge in [-0.2, -0.15) is 0 Å². The van der Waals surface area contributed by atoms with Crippen LogP contribution >= 0.6 is 0 Å². The number of carbonyl (C=O) groups excluding carboxylic acids is 1. The van der Waals surface area contributed by atoms with Crippen molar-refractivity contribution >= 4 is 11.5 Å². The molecular weight excluding hydrogens is 222 g/mol. The number of nitro benzene ring substituents is 1. The highest BCUT2D eigenvalue weighted by atomic mass is 16.6. The summed E-state index contributed by atoms with van der Waals surface area (Å²) in [4.78, 5) is 21.8. The van der Waals surface area contributed by atoms with Gasteiger partial charge in [-0.1, -0.05) is 12.1 Å². The Morgan fingerprint density at radius 1 is 1.41 bits per heavy atom. The highest BCUT2D eigenvalue weighted by Crippen LogP contribution is 2.36. The Balaban J connectivity index is 2.33. The predicted molar refractivity (Wildman–Crippen MR) is 60.4 cm³/mol. The van der Waals surface area contributed by atoms with Crippen LogP contribution < -0.4 is 0 Å². The third kappa shape index (κ3) is 2.19. The Kier molecular flexibility index (Phi) is 3.19. The van der Waals surface area contributed by atoms with Crippen LogP contribution in [0, 0.1) is 16.0 Å². The molecule has 17 heavy (non-hydrogen) atoms. The maximum absolute atomic E-state index is 11.5. The zero-order chi connectivity index (χ0) is 12.4. The molecule has 0 amide bonds. The molecule has 5 nitrogen and oxygen atoms in total. The van der Waals surface area contributed by atoms with E-state index in [2.05, 4.69) is 0 Å². The van der Waals surface area contributed by atoms with E-state index >= 15 is 0 Å². The van der Waals surface area contributed by atoms with E-state index in [0.717, 1.165) is 6.42 Å². The summed E-state index contributed by atoms with van der Waals surface area (Å²) in [5.74, 6) is -0.494. The van der Waals surface area contributed by atoms with Gasteiger partial charge in [-0.3, -0.25) is 14.9 Å².